The molecule has 0 fully saturated rings. The summed E-state index contributed by atoms with van der Waals surface area (Å²) in [5, 5.41) is 0.761. The summed E-state index contributed by atoms with van der Waals surface area (Å²) in [7, 11) is 1.71. The summed E-state index contributed by atoms with van der Waals surface area (Å²) in [6, 6.07) is 14.1. The molecule has 0 radical (unpaired) electrons. The smallest absolute Gasteiger partial charge is 0.206 e. The lowest BCUT2D eigenvalue weighted by Gasteiger charge is -2.14. The van der Waals surface area contributed by atoms with E-state index in [4.69, 9.17) is 16.3 Å². The molecule has 3 heteroatoms. The van der Waals surface area contributed by atoms with Crippen LogP contribution in [-0.2, 0) is 6.42 Å². The van der Waals surface area contributed by atoms with Gasteiger partial charge in [0.25, 0.3) is 0 Å². The summed E-state index contributed by atoms with van der Waals surface area (Å²) < 4.78 is 7.66. The lowest BCUT2D eigenvalue weighted by molar-refractivity contribution is -0.436. The Bertz CT molecular complexity index is 649. The molecule has 1 aliphatic rings. The molecule has 0 spiro atoms. The summed E-state index contributed by atoms with van der Waals surface area (Å²) in [6.07, 6.45) is 3.15. The van der Waals surface area contributed by atoms with E-state index in [2.05, 4.69) is 22.9 Å². The average molecular weight is 273 g/mol. The first kappa shape index (κ1) is 12.2. The van der Waals surface area contributed by atoms with Crippen molar-refractivity contribution >= 4 is 23.5 Å². The molecule has 19 heavy (non-hydrogen) atoms. The van der Waals surface area contributed by atoms with Crippen molar-refractivity contribution < 1.29 is 9.31 Å². The predicted molar refractivity (Wildman–Crippen MR) is 78.1 cm³/mol. The van der Waals surface area contributed by atoms with Gasteiger partial charge >= 0.3 is 0 Å². The fourth-order valence-corrected chi connectivity index (χ4v) is 2.64. The Morgan fingerprint density at radius 1 is 1.16 bits per heavy atom. The molecule has 0 aliphatic carbocycles. The Hall–Kier alpha value is -1.80. The van der Waals surface area contributed by atoms with Crippen LogP contribution in [0.15, 0.2) is 42.5 Å². The van der Waals surface area contributed by atoms with E-state index in [1.807, 2.05) is 30.3 Å². The van der Waals surface area contributed by atoms with Crippen LogP contribution in [0.25, 0.3) is 0 Å². The van der Waals surface area contributed by atoms with Gasteiger partial charge in [0, 0.05) is 23.6 Å². The monoisotopic (exact) mass is 272 g/mol. The fourth-order valence-electron chi connectivity index (χ4n) is 2.45. The molecule has 0 bridgehead atoms. The maximum atomic E-state index is 6.06. The van der Waals surface area contributed by atoms with Gasteiger partial charge in [-0.3, -0.25) is 0 Å². The molecule has 2 nitrogen and oxygen atoms in total. The average Bonchev–Trinajstić information content (AvgIpc) is 2.46. The van der Waals surface area contributed by atoms with Gasteiger partial charge in [0.2, 0.25) is 5.69 Å². The van der Waals surface area contributed by atoms with Gasteiger partial charge in [-0.25, -0.2) is 0 Å². The van der Waals surface area contributed by atoms with Crippen LogP contribution in [0.2, 0.25) is 5.02 Å². The van der Waals surface area contributed by atoms with E-state index in [1.165, 1.54) is 5.56 Å². The molecule has 0 amide bonds. The van der Waals surface area contributed by atoms with Crippen molar-refractivity contribution in [3.63, 3.8) is 0 Å². The van der Waals surface area contributed by atoms with E-state index in [1.54, 1.807) is 7.11 Å². The highest BCUT2D eigenvalue weighted by Crippen LogP contribution is 2.26. The van der Waals surface area contributed by atoms with Crippen LogP contribution < -0.4 is 4.74 Å². The molecule has 0 saturated carbocycles. The fraction of sp³-hybridized carbons (Fsp3) is 0.188. The molecule has 0 N–H and O–H groups in total. The second-order valence-electron chi connectivity index (χ2n) is 4.59. The molecule has 2 aromatic rings. The number of nitrogens with zero attached hydrogens (tertiary/aromatic N) is 1. The summed E-state index contributed by atoms with van der Waals surface area (Å²) in [5.41, 5.74) is 3.61. The normalized spacial score (nSPS) is 13.7. The zero-order valence-corrected chi connectivity index (χ0v) is 11.5. The Labute approximate surface area is 117 Å². The minimum atomic E-state index is 0.761. The number of methoxy groups -OCH3 is 1. The second kappa shape index (κ2) is 5.06. The third kappa shape index (κ3) is 2.36. The third-order valence-electron chi connectivity index (χ3n) is 3.42. The number of hydrogen-bond acceptors (Lipinski definition) is 1. The third-order valence-corrected chi connectivity index (χ3v) is 3.66. The molecule has 0 saturated heterocycles. The number of fused-ring (bicyclic) bond motifs is 1. The number of hydrogen-bond donors (Lipinski definition) is 0. The van der Waals surface area contributed by atoms with Crippen LogP contribution in [0, 0.1) is 0 Å². The molecule has 3 rings (SSSR count). The van der Waals surface area contributed by atoms with E-state index in [9.17, 15) is 0 Å². The molecule has 0 atom stereocenters. The van der Waals surface area contributed by atoms with E-state index < -0.39 is 0 Å². The highest BCUT2D eigenvalue weighted by molar-refractivity contribution is 6.30. The van der Waals surface area contributed by atoms with Gasteiger partial charge in [-0.15, -0.1) is 0 Å². The van der Waals surface area contributed by atoms with Crippen molar-refractivity contribution in [1.29, 1.82) is 0 Å². The SMILES string of the molecule is COc1cccc2c1C=[N+](c1cccc(Cl)c1)CC2. The summed E-state index contributed by atoms with van der Waals surface area (Å²) in [4.78, 5) is 0. The zero-order chi connectivity index (χ0) is 13.2. The molecule has 2 aromatic carbocycles. The summed E-state index contributed by atoms with van der Waals surface area (Å²) in [5.74, 6) is 0.921. The lowest BCUT2D eigenvalue weighted by atomic mass is 10.0. The molecular weight excluding hydrogens is 258 g/mol. The Morgan fingerprint density at radius 3 is 2.79 bits per heavy atom. The standard InChI is InChI=1S/C16H15ClNO/c1-19-16-7-2-4-12-8-9-18(11-15(12)16)14-6-3-5-13(17)10-14/h2-7,10-11H,8-9H2,1H3/q+1. The Kier molecular flexibility index (Phi) is 3.26. The first-order valence-corrected chi connectivity index (χ1v) is 6.68. The highest BCUT2D eigenvalue weighted by Gasteiger charge is 2.20. The minimum Gasteiger partial charge on any atom is -0.496 e. The van der Waals surface area contributed by atoms with Gasteiger partial charge < -0.3 is 4.74 Å². The molecular formula is C16H15ClNO+. The van der Waals surface area contributed by atoms with Crippen LogP contribution in [0.3, 0.4) is 0 Å². The van der Waals surface area contributed by atoms with E-state index >= 15 is 0 Å². The van der Waals surface area contributed by atoms with Crippen molar-refractivity contribution in [2.75, 3.05) is 13.7 Å². The van der Waals surface area contributed by atoms with Crippen molar-refractivity contribution in [2.24, 2.45) is 0 Å². The van der Waals surface area contributed by atoms with Gasteiger partial charge in [-0.1, -0.05) is 29.8 Å². The molecule has 1 heterocycles. The topological polar surface area (TPSA) is 12.2 Å². The van der Waals surface area contributed by atoms with Crippen LogP contribution in [0.1, 0.15) is 11.1 Å². The summed E-state index contributed by atoms with van der Waals surface area (Å²) in [6.45, 7) is 0.959. The van der Waals surface area contributed by atoms with E-state index in [0.29, 0.717) is 0 Å². The van der Waals surface area contributed by atoms with Crippen molar-refractivity contribution in [3.8, 4) is 5.75 Å². The maximum Gasteiger partial charge on any atom is 0.206 e. The zero-order valence-electron chi connectivity index (χ0n) is 10.8. The van der Waals surface area contributed by atoms with Gasteiger partial charge in [-0.05, 0) is 17.7 Å². The van der Waals surface area contributed by atoms with Crippen molar-refractivity contribution in [2.45, 2.75) is 6.42 Å². The van der Waals surface area contributed by atoms with Crippen LogP contribution in [-0.4, -0.2) is 24.4 Å². The number of rotatable bonds is 2. The highest BCUT2D eigenvalue weighted by atomic mass is 35.5. The minimum absolute atomic E-state index is 0.761. The quantitative estimate of drug-likeness (QED) is 0.760. The molecule has 1 aliphatic heterocycles. The predicted octanol–water partition coefficient (Wildman–Crippen LogP) is 3.67. The molecule has 0 unspecified atom stereocenters. The van der Waals surface area contributed by atoms with Gasteiger partial charge in [0.1, 0.15) is 5.75 Å². The second-order valence-corrected chi connectivity index (χ2v) is 5.02. The summed E-state index contributed by atoms with van der Waals surface area (Å²) >= 11 is 6.06. The first-order valence-electron chi connectivity index (χ1n) is 6.31. The van der Waals surface area contributed by atoms with Crippen LogP contribution in [0.5, 0.6) is 5.75 Å². The molecule has 0 aromatic heterocycles. The Balaban J connectivity index is 2.08. The number of benzene rings is 2. The van der Waals surface area contributed by atoms with Crippen molar-refractivity contribution in [1.82, 2.24) is 0 Å². The van der Waals surface area contributed by atoms with Gasteiger partial charge in [0.15, 0.2) is 12.8 Å². The molecule has 96 valence electrons. The maximum absolute atomic E-state index is 6.06. The number of halogens is 1. The van der Waals surface area contributed by atoms with E-state index in [-0.39, 0.29) is 0 Å². The first-order chi connectivity index (χ1) is 9.28. The number of ether oxygens (including phenoxy) is 1. The van der Waals surface area contributed by atoms with E-state index in [0.717, 1.165) is 35.0 Å². The Morgan fingerprint density at radius 2 is 2.00 bits per heavy atom. The van der Waals surface area contributed by atoms with Gasteiger partial charge in [-0.2, -0.15) is 4.58 Å². The van der Waals surface area contributed by atoms with Crippen LogP contribution in [0.4, 0.5) is 5.69 Å². The van der Waals surface area contributed by atoms with Gasteiger partial charge in [0.05, 0.1) is 12.7 Å². The van der Waals surface area contributed by atoms with Crippen LogP contribution >= 0.6 is 11.6 Å². The largest absolute Gasteiger partial charge is 0.496 e. The lowest BCUT2D eigenvalue weighted by Crippen LogP contribution is -2.19. The van der Waals surface area contributed by atoms with Crippen molar-refractivity contribution in [3.05, 3.63) is 58.6 Å².